The van der Waals surface area contributed by atoms with Gasteiger partial charge in [0, 0.05) is 30.4 Å². The number of rotatable bonds is 1. The van der Waals surface area contributed by atoms with Crippen molar-refractivity contribution in [1.82, 2.24) is 15.1 Å². The fourth-order valence-corrected chi connectivity index (χ4v) is 5.41. The summed E-state index contributed by atoms with van der Waals surface area (Å²) in [6, 6.07) is 7.96. The van der Waals surface area contributed by atoms with E-state index in [2.05, 4.69) is 15.5 Å². The molecule has 0 saturated carbocycles. The minimum absolute atomic E-state index is 0.0684. The van der Waals surface area contributed by atoms with E-state index in [4.69, 9.17) is 0 Å². The van der Waals surface area contributed by atoms with Crippen LogP contribution in [0, 0.1) is 5.92 Å². The Hall–Kier alpha value is -2.41. The largest absolute Gasteiger partial charge is 0.353 e. The highest BCUT2D eigenvalue weighted by Gasteiger charge is 2.65. The van der Waals surface area contributed by atoms with E-state index < -0.39 is 11.5 Å². The summed E-state index contributed by atoms with van der Waals surface area (Å²) >= 11 is 0. The zero-order chi connectivity index (χ0) is 17.9. The van der Waals surface area contributed by atoms with E-state index in [1.165, 1.54) is 0 Å². The molecule has 5 rings (SSSR count). The molecule has 1 spiro atoms. The van der Waals surface area contributed by atoms with Crippen LogP contribution < -0.4 is 10.6 Å². The number of hydrogen-bond acceptors (Lipinski definition) is 4. The Kier molecular flexibility index (Phi) is 3.37. The molecule has 7 heteroatoms. The molecule has 7 nitrogen and oxygen atoms in total. The van der Waals surface area contributed by atoms with Gasteiger partial charge in [-0.05, 0) is 31.9 Å². The third-order valence-electron chi connectivity index (χ3n) is 6.42. The average molecular weight is 354 g/mol. The molecule has 4 heterocycles. The van der Waals surface area contributed by atoms with Crippen LogP contribution in [-0.4, -0.2) is 59.7 Å². The van der Waals surface area contributed by atoms with Gasteiger partial charge in [-0.3, -0.25) is 19.3 Å². The lowest BCUT2D eigenvalue weighted by atomic mass is 9.78. The van der Waals surface area contributed by atoms with Crippen LogP contribution in [0.15, 0.2) is 24.3 Å². The molecule has 1 aromatic carbocycles. The van der Waals surface area contributed by atoms with Gasteiger partial charge in [0.1, 0.15) is 5.54 Å². The average Bonchev–Trinajstić information content (AvgIpc) is 3.29. The highest BCUT2D eigenvalue weighted by molar-refractivity contribution is 6.09. The fraction of sp³-hybridized carbons (Fsp3) is 0.526. The van der Waals surface area contributed by atoms with Gasteiger partial charge in [0.05, 0.1) is 12.5 Å². The summed E-state index contributed by atoms with van der Waals surface area (Å²) in [4.78, 5) is 42.3. The lowest BCUT2D eigenvalue weighted by Crippen LogP contribution is -2.57. The first kappa shape index (κ1) is 15.8. The summed E-state index contributed by atoms with van der Waals surface area (Å²) in [6.07, 6.45) is 2.75. The predicted octanol–water partition coefficient (Wildman–Crippen LogP) is 0.277. The summed E-state index contributed by atoms with van der Waals surface area (Å²) in [5, 5.41) is 5.77. The maximum absolute atomic E-state index is 13.4. The predicted molar refractivity (Wildman–Crippen MR) is 94.2 cm³/mol. The van der Waals surface area contributed by atoms with Gasteiger partial charge in [-0.1, -0.05) is 18.2 Å². The maximum atomic E-state index is 13.4. The summed E-state index contributed by atoms with van der Waals surface area (Å²) in [5.41, 5.74) is 0.788. The lowest BCUT2D eigenvalue weighted by molar-refractivity contribution is -0.147. The molecule has 136 valence electrons. The van der Waals surface area contributed by atoms with Gasteiger partial charge in [0.15, 0.2) is 0 Å². The minimum Gasteiger partial charge on any atom is -0.353 e. The van der Waals surface area contributed by atoms with Crippen LogP contribution in [0.3, 0.4) is 0 Å². The van der Waals surface area contributed by atoms with Crippen molar-refractivity contribution in [2.45, 2.75) is 30.8 Å². The number of amides is 3. The lowest BCUT2D eigenvalue weighted by Gasteiger charge is -2.38. The van der Waals surface area contributed by atoms with E-state index in [-0.39, 0.29) is 30.3 Å². The first-order valence-electron chi connectivity index (χ1n) is 9.35. The standard InChI is InChI=1S/C19H22N4O3/c24-16-11-22(9-7-20-16)17(25)14-10-12-4-3-8-23(12)19(14)13-5-1-2-6-15(13)21-18(19)26/h1-2,5-6,12,14H,3-4,7-11H2,(H,20,24)(H,21,26)/t12-,14-,19+/m1/s1. The van der Waals surface area contributed by atoms with E-state index in [9.17, 15) is 14.4 Å². The number of benzene rings is 1. The van der Waals surface area contributed by atoms with Crippen LogP contribution in [0.4, 0.5) is 5.69 Å². The molecule has 1 aromatic rings. The Morgan fingerprint density at radius 2 is 2.04 bits per heavy atom. The van der Waals surface area contributed by atoms with Crippen molar-refractivity contribution in [2.75, 3.05) is 31.5 Å². The smallest absolute Gasteiger partial charge is 0.250 e. The van der Waals surface area contributed by atoms with Crippen molar-refractivity contribution in [1.29, 1.82) is 0 Å². The molecule has 0 unspecified atom stereocenters. The zero-order valence-electron chi connectivity index (χ0n) is 14.5. The second-order valence-corrected chi connectivity index (χ2v) is 7.65. The molecule has 3 fully saturated rings. The van der Waals surface area contributed by atoms with Crippen LogP contribution in [0.25, 0.3) is 0 Å². The van der Waals surface area contributed by atoms with Crippen LogP contribution in [-0.2, 0) is 19.9 Å². The molecule has 3 atom stereocenters. The van der Waals surface area contributed by atoms with Gasteiger partial charge in [-0.25, -0.2) is 0 Å². The van der Waals surface area contributed by atoms with Crippen molar-refractivity contribution in [2.24, 2.45) is 5.92 Å². The van der Waals surface area contributed by atoms with Gasteiger partial charge < -0.3 is 15.5 Å². The summed E-state index contributed by atoms with van der Waals surface area (Å²) in [6.45, 7) is 1.89. The Bertz CT molecular complexity index is 810. The van der Waals surface area contributed by atoms with E-state index in [1.807, 2.05) is 24.3 Å². The monoisotopic (exact) mass is 354 g/mol. The molecule has 3 saturated heterocycles. The Morgan fingerprint density at radius 1 is 1.19 bits per heavy atom. The second kappa shape index (κ2) is 5.54. The van der Waals surface area contributed by atoms with Gasteiger partial charge in [-0.15, -0.1) is 0 Å². The number of para-hydroxylation sites is 1. The van der Waals surface area contributed by atoms with Crippen molar-refractivity contribution >= 4 is 23.4 Å². The molecule has 0 radical (unpaired) electrons. The fourth-order valence-electron chi connectivity index (χ4n) is 5.41. The van der Waals surface area contributed by atoms with E-state index in [0.717, 1.165) is 30.6 Å². The van der Waals surface area contributed by atoms with Gasteiger partial charge >= 0.3 is 0 Å². The van der Waals surface area contributed by atoms with Crippen LogP contribution in [0.5, 0.6) is 0 Å². The van der Waals surface area contributed by atoms with E-state index in [0.29, 0.717) is 19.5 Å². The van der Waals surface area contributed by atoms with Gasteiger partial charge in [0.2, 0.25) is 17.7 Å². The third-order valence-corrected chi connectivity index (χ3v) is 6.42. The molecule has 4 aliphatic rings. The Labute approximate surface area is 151 Å². The third kappa shape index (κ3) is 1.95. The minimum atomic E-state index is -0.928. The molecule has 2 N–H and O–H groups in total. The molecule has 0 aromatic heterocycles. The number of fused-ring (bicyclic) bond motifs is 4. The van der Waals surface area contributed by atoms with Crippen molar-refractivity contribution < 1.29 is 14.4 Å². The Morgan fingerprint density at radius 3 is 2.88 bits per heavy atom. The van der Waals surface area contributed by atoms with E-state index in [1.54, 1.807) is 4.90 Å². The number of anilines is 1. The number of carbonyl (C=O) groups is 3. The zero-order valence-corrected chi connectivity index (χ0v) is 14.5. The van der Waals surface area contributed by atoms with Crippen molar-refractivity contribution in [3.8, 4) is 0 Å². The first-order valence-corrected chi connectivity index (χ1v) is 9.35. The highest BCUT2D eigenvalue weighted by Crippen LogP contribution is 2.55. The van der Waals surface area contributed by atoms with Crippen molar-refractivity contribution in [3.63, 3.8) is 0 Å². The molecule has 0 bridgehead atoms. The van der Waals surface area contributed by atoms with Crippen LogP contribution in [0.1, 0.15) is 24.8 Å². The number of nitrogens with one attached hydrogen (secondary N) is 2. The van der Waals surface area contributed by atoms with Crippen molar-refractivity contribution in [3.05, 3.63) is 29.8 Å². The molecule has 3 amide bonds. The van der Waals surface area contributed by atoms with Crippen LogP contribution in [0.2, 0.25) is 0 Å². The topological polar surface area (TPSA) is 81.8 Å². The molecular weight excluding hydrogens is 332 g/mol. The molecular formula is C19H22N4O3. The van der Waals surface area contributed by atoms with Gasteiger partial charge in [0.25, 0.3) is 0 Å². The van der Waals surface area contributed by atoms with Gasteiger partial charge in [-0.2, -0.15) is 0 Å². The number of piperazine rings is 1. The molecule has 26 heavy (non-hydrogen) atoms. The quantitative estimate of drug-likeness (QED) is 0.759. The molecule has 4 aliphatic heterocycles. The number of hydrogen-bond donors (Lipinski definition) is 2. The normalized spacial score (nSPS) is 33.2. The van der Waals surface area contributed by atoms with E-state index >= 15 is 0 Å². The summed E-state index contributed by atoms with van der Waals surface area (Å²) in [5.74, 6) is -0.736. The SMILES string of the molecule is O=C1CN(C(=O)[C@H]2C[C@H]3CCCN3[C@]23C(=O)Nc2ccccc23)CCN1. The second-order valence-electron chi connectivity index (χ2n) is 7.65. The first-order chi connectivity index (χ1) is 12.6. The molecule has 0 aliphatic carbocycles. The Balaban J connectivity index is 1.60. The maximum Gasteiger partial charge on any atom is 0.250 e. The number of carbonyl (C=O) groups excluding carboxylic acids is 3. The highest BCUT2D eigenvalue weighted by atomic mass is 16.2. The summed E-state index contributed by atoms with van der Waals surface area (Å²) < 4.78 is 0. The number of nitrogens with zero attached hydrogens (tertiary/aromatic N) is 2. The summed E-state index contributed by atoms with van der Waals surface area (Å²) in [7, 11) is 0. The van der Waals surface area contributed by atoms with Crippen LogP contribution >= 0.6 is 0 Å².